The summed E-state index contributed by atoms with van der Waals surface area (Å²) in [7, 11) is -1.46. The Morgan fingerprint density at radius 1 is 1.10 bits per heavy atom. The average molecular weight is 413 g/mol. The van der Waals surface area contributed by atoms with Crippen LogP contribution in [0, 0.1) is 13.8 Å². The molecule has 0 unspecified atom stereocenters. The van der Waals surface area contributed by atoms with Crippen LogP contribution in [0.2, 0.25) is 0 Å². The van der Waals surface area contributed by atoms with E-state index >= 15 is 0 Å². The molecule has 0 aliphatic rings. The topological polar surface area (TPSA) is 86.3 Å². The Bertz CT molecular complexity index is 1150. The second kappa shape index (κ2) is 8.69. The number of aliphatic imine (C=N–C) groups is 1. The minimum Gasteiger partial charge on any atom is -0.361 e. The fourth-order valence-electron chi connectivity index (χ4n) is 3.61. The summed E-state index contributed by atoms with van der Waals surface area (Å²) < 4.78 is 23.5. The molecule has 3 N–H and O–H groups in total. The molecule has 1 aromatic heterocycles. The number of aryl methyl sites for hydroxylation is 2. The van der Waals surface area contributed by atoms with Crippen LogP contribution in [-0.2, 0) is 22.8 Å². The Labute approximate surface area is 172 Å². The summed E-state index contributed by atoms with van der Waals surface area (Å²) in [6.07, 6.45) is 4.18. The summed E-state index contributed by atoms with van der Waals surface area (Å²) in [5.74, 6) is 0.714. The van der Waals surface area contributed by atoms with E-state index < -0.39 is 9.84 Å². The lowest BCUT2D eigenvalue weighted by Gasteiger charge is -2.13. The number of benzene rings is 2. The first-order chi connectivity index (χ1) is 13.8. The zero-order chi connectivity index (χ0) is 21.0. The van der Waals surface area contributed by atoms with Crippen molar-refractivity contribution in [1.29, 1.82) is 0 Å². The average Bonchev–Trinajstić information content (AvgIpc) is 3.08. The highest BCUT2D eigenvalue weighted by Crippen LogP contribution is 2.22. The predicted molar refractivity (Wildman–Crippen MR) is 119 cm³/mol. The quantitative estimate of drug-likeness (QED) is 0.429. The third kappa shape index (κ3) is 4.98. The Kier molecular flexibility index (Phi) is 6.27. The van der Waals surface area contributed by atoms with Gasteiger partial charge in [0, 0.05) is 43.5 Å². The summed E-state index contributed by atoms with van der Waals surface area (Å²) in [5, 5.41) is 7.91. The van der Waals surface area contributed by atoms with Crippen molar-refractivity contribution in [3.8, 4) is 0 Å². The molecule has 0 aliphatic heterocycles. The van der Waals surface area contributed by atoms with Gasteiger partial charge in [0.2, 0.25) is 0 Å². The Hall–Kier alpha value is -2.80. The zero-order valence-electron chi connectivity index (χ0n) is 17.3. The summed E-state index contributed by atoms with van der Waals surface area (Å²) in [6.45, 7) is 5.27. The van der Waals surface area contributed by atoms with E-state index in [-0.39, 0.29) is 0 Å². The number of nitrogens with zero attached hydrogens (tertiary/aromatic N) is 1. The molecule has 2 aromatic carbocycles. The SMILES string of the molecule is CN=C(NCCc1c[nH]c2cccc(C)c12)NCc1ccc(S(C)(=O)=O)c(C)c1. The van der Waals surface area contributed by atoms with Gasteiger partial charge in [0.1, 0.15) is 0 Å². The number of H-pyrrole nitrogens is 1. The maximum Gasteiger partial charge on any atom is 0.191 e. The van der Waals surface area contributed by atoms with Gasteiger partial charge in [-0.15, -0.1) is 0 Å². The normalized spacial score (nSPS) is 12.3. The minimum atomic E-state index is -3.20. The van der Waals surface area contributed by atoms with Crippen molar-refractivity contribution >= 4 is 26.7 Å². The van der Waals surface area contributed by atoms with Gasteiger partial charge in [0.05, 0.1) is 4.90 Å². The summed E-state index contributed by atoms with van der Waals surface area (Å²) in [5.41, 5.74) is 5.48. The summed E-state index contributed by atoms with van der Waals surface area (Å²) in [6, 6.07) is 11.7. The highest BCUT2D eigenvalue weighted by molar-refractivity contribution is 7.90. The summed E-state index contributed by atoms with van der Waals surface area (Å²) in [4.78, 5) is 7.98. The fourth-order valence-corrected chi connectivity index (χ4v) is 4.57. The maximum atomic E-state index is 11.7. The van der Waals surface area contributed by atoms with Crippen LogP contribution in [0.1, 0.15) is 22.3 Å². The minimum absolute atomic E-state index is 0.373. The van der Waals surface area contributed by atoms with Gasteiger partial charge in [-0.05, 0) is 54.7 Å². The number of sulfone groups is 1. The number of fused-ring (bicyclic) bond motifs is 1. The first kappa shape index (κ1) is 20.9. The van der Waals surface area contributed by atoms with Gasteiger partial charge in [-0.25, -0.2) is 8.42 Å². The summed E-state index contributed by atoms with van der Waals surface area (Å²) >= 11 is 0. The number of hydrogen-bond acceptors (Lipinski definition) is 3. The van der Waals surface area contributed by atoms with Gasteiger partial charge in [-0.2, -0.15) is 0 Å². The highest BCUT2D eigenvalue weighted by atomic mass is 32.2. The van der Waals surface area contributed by atoms with Crippen LogP contribution in [0.25, 0.3) is 10.9 Å². The lowest BCUT2D eigenvalue weighted by molar-refractivity contribution is 0.601. The number of rotatable bonds is 6. The van der Waals surface area contributed by atoms with Crippen molar-refractivity contribution in [2.45, 2.75) is 31.7 Å². The predicted octanol–water partition coefficient (Wildman–Crippen LogP) is 3.10. The van der Waals surface area contributed by atoms with Gasteiger partial charge in [-0.3, -0.25) is 4.99 Å². The molecule has 0 saturated heterocycles. The molecule has 0 saturated carbocycles. The van der Waals surface area contributed by atoms with Crippen molar-refractivity contribution in [3.63, 3.8) is 0 Å². The van der Waals surface area contributed by atoms with Crippen LogP contribution >= 0.6 is 0 Å². The molecule has 0 atom stereocenters. The number of hydrogen-bond donors (Lipinski definition) is 3. The van der Waals surface area contributed by atoms with Crippen LogP contribution in [0.4, 0.5) is 0 Å². The van der Waals surface area contributed by atoms with Crippen LogP contribution in [0.5, 0.6) is 0 Å². The molecule has 0 bridgehead atoms. The van der Waals surface area contributed by atoms with E-state index in [1.165, 1.54) is 22.8 Å². The van der Waals surface area contributed by atoms with E-state index in [0.717, 1.165) is 29.6 Å². The standard InChI is InChI=1S/C22H28N4O2S/c1-15-6-5-7-19-21(15)18(14-25-19)10-11-24-22(23-3)26-13-17-8-9-20(16(2)12-17)29(4,27)28/h5-9,12,14,25H,10-11,13H2,1-4H3,(H2,23,24,26). The van der Waals surface area contributed by atoms with E-state index in [0.29, 0.717) is 17.4 Å². The van der Waals surface area contributed by atoms with Gasteiger partial charge in [0.25, 0.3) is 0 Å². The van der Waals surface area contributed by atoms with E-state index in [9.17, 15) is 8.42 Å². The molecule has 154 valence electrons. The number of guanidine groups is 1. The van der Waals surface area contributed by atoms with Crippen LogP contribution in [-0.4, -0.2) is 39.2 Å². The molecule has 0 aliphatic carbocycles. The lowest BCUT2D eigenvalue weighted by atomic mass is 10.1. The fraction of sp³-hybridized carbons (Fsp3) is 0.318. The lowest BCUT2D eigenvalue weighted by Crippen LogP contribution is -2.37. The molecule has 0 amide bonds. The van der Waals surface area contributed by atoms with Crippen molar-refractivity contribution < 1.29 is 8.42 Å². The monoisotopic (exact) mass is 412 g/mol. The van der Waals surface area contributed by atoms with Gasteiger partial charge < -0.3 is 15.6 Å². The molecule has 29 heavy (non-hydrogen) atoms. The van der Waals surface area contributed by atoms with Crippen molar-refractivity contribution in [2.24, 2.45) is 4.99 Å². The first-order valence-electron chi connectivity index (χ1n) is 9.59. The number of nitrogens with one attached hydrogen (secondary N) is 3. The number of aromatic amines is 1. The molecule has 7 heteroatoms. The Morgan fingerprint density at radius 3 is 2.59 bits per heavy atom. The zero-order valence-corrected chi connectivity index (χ0v) is 18.2. The first-order valence-corrected chi connectivity index (χ1v) is 11.5. The Balaban J connectivity index is 1.57. The largest absolute Gasteiger partial charge is 0.361 e. The van der Waals surface area contributed by atoms with E-state index in [4.69, 9.17) is 0 Å². The molecular weight excluding hydrogens is 384 g/mol. The smallest absolute Gasteiger partial charge is 0.191 e. The third-order valence-corrected chi connectivity index (χ3v) is 6.26. The molecule has 3 aromatic rings. The van der Waals surface area contributed by atoms with Crippen molar-refractivity contribution in [2.75, 3.05) is 19.8 Å². The van der Waals surface area contributed by atoms with Crippen molar-refractivity contribution in [3.05, 3.63) is 64.8 Å². The van der Waals surface area contributed by atoms with E-state index in [1.807, 2.05) is 19.1 Å². The molecular formula is C22H28N4O2S. The number of aromatic nitrogens is 1. The van der Waals surface area contributed by atoms with Crippen LogP contribution in [0.15, 0.2) is 52.5 Å². The second-order valence-corrected chi connectivity index (χ2v) is 9.27. The maximum absolute atomic E-state index is 11.7. The highest BCUT2D eigenvalue weighted by Gasteiger charge is 2.11. The molecule has 0 fully saturated rings. The molecule has 0 radical (unpaired) electrons. The van der Waals surface area contributed by atoms with E-state index in [1.54, 1.807) is 13.1 Å². The molecule has 1 heterocycles. The molecule has 6 nitrogen and oxygen atoms in total. The van der Waals surface area contributed by atoms with Crippen LogP contribution < -0.4 is 10.6 Å². The van der Waals surface area contributed by atoms with Gasteiger partial charge in [-0.1, -0.05) is 24.3 Å². The molecule has 0 spiro atoms. The third-order valence-electron chi connectivity index (χ3n) is 5.00. The van der Waals surface area contributed by atoms with E-state index in [2.05, 4.69) is 51.9 Å². The second-order valence-electron chi connectivity index (χ2n) is 7.29. The van der Waals surface area contributed by atoms with Crippen molar-refractivity contribution in [1.82, 2.24) is 15.6 Å². The van der Waals surface area contributed by atoms with Gasteiger partial charge in [0.15, 0.2) is 15.8 Å². The van der Waals surface area contributed by atoms with Gasteiger partial charge >= 0.3 is 0 Å². The Morgan fingerprint density at radius 2 is 1.90 bits per heavy atom. The molecule has 3 rings (SSSR count). The van der Waals surface area contributed by atoms with Crippen LogP contribution in [0.3, 0.4) is 0 Å².